The number of rotatable bonds is 10. The standard InChI is InChI=1S/C17H35N3O2.HI/c1-4-18-17(20-16-9-7-15(2)8-10-16)19-11-5-6-12-22-14-13-21-3;/h15-16H,4-14H2,1-3H3,(H2,18,19,20);1H. The van der Waals surface area contributed by atoms with Crippen molar-refractivity contribution in [2.24, 2.45) is 10.9 Å². The Hall–Kier alpha value is -0.0800. The van der Waals surface area contributed by atoms with E-state index in [1.165, 1.54) is 25.7 Å². The fourth-order valence-corrected chi connectivity index (χ4v) is 2.67. The highest BCUT2D eigenvalue weighted by Gasteiger charge is 2.18. The van der Waals surface area contributed by atoms with Crippen molar-refractivity contribution in [2.45, 2.75) is 58.4 Å². The van der Waals surface area contributed by atoms with Crippen LogP contribution in [-0.4, -0.2) is 52.0 Å². The first-order chi connectivity index (χ1) is 10.8. The van der Waals surface area contributed by atoms with Gasteiger partial charge in [0, 0.05) is 32.8 Å². The van der Waals surface area contributed by atoms with Crippen LogP contribution in [0.4, 0.5) is 0 Å². The van der Waals surface area contributed by atoms with Gasteiger partial charge in [0.25, 0.3) is 0 Å². The first-order valence-electron chi connectivity index (χ1n) is 8.87. The van der Waals surface area contributed by atoms with Crippen LogP contribution in [0.5, 0.6) is 0 Å². The average Bonchev–Trinajstić information content (AvgIpc) is 2.52. The zero-order valence-corrected chi connectivity index (χ0v) is 17.4. The molecule has 138 valence electrons. The lowest BCUT2D eigenvalue weighted by Crippen LogP contribution is -2.44. The molecule has 2 N–H and O–H groups in total. The Morgan fingerprint density at radius 1 is 1.09 bits per heavy atom. The van der Waals surface area contributed by atoms with Crippen LogP contribution in [0, 0.1) is 5.92 Å². The highest BCUT2D eigenvalue weighted by atomic mass is 127. The van der Waals surface area contributed by atoms with E-state index >= 15 is 0 Å². The molecular weight excluding hydrogens is 405 g/mol. The molecule has 5 nitrogen and oxygen atoms in total. The van der Waals surface area contributed by atoms with Crippen LogP contribution in [-0.2, 0) is 9.47 Å². The summed E-state index contributed by atoms with van der Waals surface area (Å²) >= 11 is 0. The predicted molar refractivity (Wildman–Crippen MR) is 108 cm³/mol. The molecule has 0 aliphatic heterocycles. The highest BCUT2D eigenvalue weighted by Crippen LogP contribution is 2.23. The lowest BCUT2D eigenvalue weighted by Gasteiger charge is -2.28. The molecule has 0 unspecified atom stereocenters. The number of aliphatic imine (C=N–C) groups is 1. The van der Waals surface area contributed by atoms with Gasteiger partial charge >= 0.3 is 0 Å². The number of hydrogen-bond donors (Lipinski definition) is 2. The Morgan fingerprint density at radius 3 is 2.48 bits per heavy atom. The van der Waals surface area contributed by atoms with Crippen LogP contribution < -0.4 is 10.6 Å². The van der Waals surface area contributed by atoms with Gasteiger partial charge in [-0.05, 0) is 51.4 Å². The van der Waals surface area contributed by atoms with Crippen molar-refractivity contribution >= 4 is 29.9 Å². The van der Waals surface area contributed by atoms with Crippen LogP contribution in [0.3, 0.4) is 0 Å². The van der Waals surface area contributed by atoms with E-state index in [1.807, 2.05) is 0 Å². The maximum absolute atomic E-state index is 5.46. The molecule has 6 heteroatoms. The number of halogens is 1. The average molecular weight is 441 g/mol. The van der Waals surface area contributed by atoms with Gasteiger partial charge < -0.3 is 20.1 Å². The van der Waals surface area contributed by atoms with Gasteiger partial charge in [-0.1, -0.05) is 6.92 Å². The summed E-state index contributed by atoms with van der Waals surface area (Å²) in [6, 6.07) is 0.589. The third-order valence-electron chi connectivity index (χ3n) is 4.10. The van der Waals surface area contributed by atoms with E-state index in [9.17, 15) is 0 Å². The molecule has 0 atom stereocenters. The number of nitrogens with zero attached hydrogens (tertiary/aromatic N) is 1. The molecular formula is C17H36IN3O2. The van der Waals surface area contributed by atoms with E-state index in [0.29, 0.717) is 19.3 Å². The molecule has 1 rings (SSSR count). The van der Waals surface area contributed by atoms with Crippen molar-refractivity contribution in [1.29, 1.82) is 0 Å². The summed E-state index contributed by atoms with van der Waals surface area (Å²) in [7, 11) is 1.69. The van der Waals surface area contributed by atoms with Crippen LogP contribution in [0.1, 0.15) is 52.4 Å². The molecule has 0 radical (unpaired) electrons. The Kier molecular flexibility index (Phi) is 15.4. The van der Waals surface area contributed by atoms with Crippen LogP contribution in [0.15, 0.2) is 4.99 Å². The zero-order chi connectivity index (χ0) is 16.0. The maximum atomic E-state index is 5.46. The van der Waals surface area contributed by atoms with Crippen molar-refractivity contribution in [3.63, 3.8) is 0 Å². The van der Waals surface area contributed by atoms with Gasteiger partial charge in [-0.15, -0.1) is 24.0 Å². The fraction of sp³-hybridized carbons (Fsp3) is 0.941. The van der Waals surface area contributed by atoms with E-state index in [0.717, 1.165) is 44.4 Å². The van der Waals surface area contributed by atoms with Crippen LogP contribution in [0.25, 0.3) is 0 Å². The summed E-state index contributed by atoms with van der Waals surface area (Å²) in [5, 5.41) is 6.94. The van der Waals surface area contributed by atoms with Crippen molar-refractivity contribution < 1.29 is 9.47 Å². The lowest BCUT2D eigenvalue weighted by molar-refractivity contribution is 0.0690. The molecule has 0 aromatic carbocycles. The maximum Gasteiger partial charge on any atom is 0.191 e. The molecule has 0 amide bonds. The third-order valence-corrected chi connectivity index (χ3v) is 4.10. The molecule has 0 aromatic heterocycles. The molecule has 1 aliphatic carbocycles. The monoisotopic (exact) mass is 441 g/mol. The highest BCUT2D eigenvalue weighted by molar-refractivity contribution is 14.0. The van der Waals surface area contributed by atoms with Crippen molar-refractivity contribution in [3.8, 4) is 0 Å². The van der Waals surface area contributed by atoms with E-state index in [4.69, 9.17) is 9.47 Å². The quantitative estimate of drug-likeness (QED) is 0.237. The molecule has 0 heterocycles. The van der Waals surface area contributed by atoms with E-state index in [-0.39, 0.29) is 24.0 Å². The SMILES string of the molecule is CCNC(=NCCCCOCCOC)NC1CCC(C)CC1.I. The second-order valence-corrected chi connectivity index (χ2v) is 6.17. The number of nitrogens with one attached hydrogen (secondary N) is 2. The lowest BCUT2D eigenvalue weighted by atomic mass is 9.87. The molecule has 0 aromatic rings. The van der Waals surface area contributed by atoms with Gasteiger partial charge in [0.1, 0.15) is 0 Å². The van der Waals surface area contributed by atoms with Gasteiger partial charge in [-0.3, -0.25) is 4.99 Å². The normalized spacial score (nSPS) is 21.6. The molecule has 1 aliphatic rings. The molecule has 0 spiro atoms. The van der Waals surface area contributed by atoms with Gasteiger partial charge in [0.15, 0.2) is 5.96 Å². The van der Waals surface area contributed by atoms with E-state index < -0.39 is 0 Å². The second kappa shape index (κ2) is 15.4. The van der Waals surface area contributed by atoms with Crippen LogP contribution in [0.2, 0.25) is 0 Å². The minimum Gasteiger partial charge on any atom is -0.382 e. The summed E-state index contributed by atoms with van der Waals surface area (Å²) in [6.07, 6.45) is 7.29. The van der Waals surface area contributed by atoms with Gasteiger partial charge in [0.05, 0.1) is 13.2 Å². The van der Waals surface area contributed by atoms with Gasteiger partial charge in [-0.25, -0.2) is 0 Å². The predicted octanol–water partition coefficient (Wildman–Crippen LogP) is 3.18. The van der Waals surface area contributed by atoms with Crippen molar-refractivity contribution in [1.82, 2.24) is 10.6 Å². The summed E-state index contributed by atoms with van der Waals surface area (Å²) in [5.74, 6) is 1.86. The number of ether oxygens (including phenoxy) is 2. The summed E-state index contributed by atoms with van der Waals surface area (Å²) in [4.78, 5) is 4.67. The summed E-state index contributed by atoms with van der Waals surface area (Å²) in [6.45, 7) is 8.38. The topological polar surface area (TPSA) is 54.9 Å². The minimum atomic E-state index is 0. The molecule has 0 bridgehead atoms. The van der Waals surface area contributed by atoms with Crippen molar-refractivity contribution in [2.75, 3.05) is 40.0 Å². The third kappa shape index (κ3) is 12.0. The number of unbranched alkanes of at least 4 members (excludes halogenated alkanes) is 1. The fourth-order valence-electron chi connectivity index (χ4n) is 2.67. The van der Waals surface area contributed by atoms with Gasteiger partial charge in [0.2, 0.25) is 0 Å². The number of methoxy groups -OCH3 is 1. The molecule has 1 fully saturated rings. The Labute approximate surface area is 159 Å². The number of hydrogen-bond acceptors (Lipinski definition) is 3. The zero-order valence-electron chi connectivity index (χ0n) is 15.1. The first-order valence-corrected chi connectivity index (χ1v) is 8.87. The molecule has 1 saturated carbocycles. The Bertz CT molecular complexity index is 296. The number of guanidine groups is 1. The Morgan fingerprint density at radius 2 is 1.83 bits per heavy atom. The smallest absolute Gasteiger partial charge is 0.191 e. The first kappa shape index (κ1) is 22.9. The summed E-state index contributed by atoms with van der Waals surface area (Å²) in [5.41, 5.74) is 0. The van der Waals surface area contributed by atoms with Gasteiger partial charge in [-0.2, -0.15) is 0 Å². The molecule has 0 saturated heterocycles. The minimum absolute atomic E-state index is 0. The summed E-state index contributed by atoms with van der Waals surface area (Å²) < 4.78 is 10.4. The van der Waals surface area contributed by atoms with E-state index in [2.05, 4.69) is 29.5 Å². The molecule has 23 heavy (non-hydrogen) atoms. The van der Waals surface area contributed by atoms with Crippen molar-refractivity contribution in [3.05, 3.63) is 0 Å². The van der Waals surface area contributed by atoms with E-state index in [1.54, 1.807) is 7.11 Å². The largest absolute Gasteiger partial charge is 0.382 e. The van der Waals surface area contributed by atoms with Crippen LogP contribution >= 0.6 is 24.0 Å². The second-order valence-electron chi connectivity index (χ2n) is 6.17. The Balaban J connectivity index is 0.00000484.